The summed E-state index contributed by atoms with van der Waals surface area (Å²) in [6.45, 7) is 0. The van der Waals surface area contributed by atoms with Crippen molar-refractivity contribution in [3.63, 3.8) is 0 Å². The highest BCUT2D eigenvalue weighted by Crippen LogP contribution is 2.11. The molecule has 0 N–H and O–H groups in total. The number of hydrogen-bond acceptors (Lipinski definition) is 4. The van der Waals surface area contributed by atoms with E-state index in [0.29, 0.717) is 6.42 Å². The van der Waals surface area contributed by atoms with Gasteiger partial charge in [0.2, 0.25) is 0 Å². The molecule has 0 aliphatic rings. The maximum Gasteiger partial charge on any atom is 0.305 e. The second-order valence-electron chi connectivity index (χ2n) is 3.11. The Hall–Kier alpha value is -0.220. The summed E-state index contributed by atoms with van der Waals surface area (Å²) < 4.78 is 9.87. The van der Waals surface area contributed by atoms with E-state index in [1.165, 1.54) is 7.11 Å². The molecule has 3 nitrogen and oxygen atoms in total. The number of hydrogen-bond donors (Lipinski definition) is 0. The van der Waals surface area contributed by atoms with Crippen molar-refractivity contribution in [1.29, 1.82) is 0 Å². The molecule has 0 spiro atoms. The number of methoxy groups -OCH3 is 2. The average molecular weight is 220 g/mol. The van der Waals surface area contributed by atoms with E-state index < -0.39 is 0 Å². The van der Waals surface area contributed by atoms with E-state index in [9.17, 15) is 4.79 Å². The molecule has 0 aromatic carbocycles. The highest BCUT2D eigenvalue weighted by atomic mass is 32.2. The van der Waals surface area contributed by atoms with Crippen LogP contribution in [0.1, 0.15) is 25.7 Å². The van der Waals surface area contributed by atoms with Gasteiger partial charge in [-0.2, -0.15) is 11.8 Å². The van der Waals surface area contributed by atoms with E-state index in [1.807, 2.05) is 11.8 Å². The molecule has 0 aromatic heterocycles. The van der Waals surface area contributed by atoms with Gasteiger partial charge >= 0.3 is 5.97 Å². The van der Waals surface area contributed by atoms with Gasteiger partial charge in [-0.1, -0.05) is 0 Å². The van der Waals surface area contributed by atoms with E-state index >= 15 is 0 Å². The quantitative estimate of drug-likeness (QED) is 0.587. The Kier molecular flexibility index (Phi) is 9.19. The van der Waals surface area contributed by atoms with Gasteiger partial charge < -0.3 is 9.47 Å². The van der Waals surface area contributed by atoms with Crippen LogP contribution in [-0.4, -0.2) is 38.3 Å². The molecule has 14 heavy (non-hydrogen) atoms. The summed E-state index contributed by atoms with van der Waals surface area (Å²) in [7, 11) is 3.15. The summed E-state index contributed by atoms with van der Waals surface area (Å²) in [6, 6.07) is 0. The summed E-state index contributed by atoms with van der Waals surface area (Å²) in [5, 5.41) is 0. The molecule has 0 unspecified atom stereocenters. The van der Waals surface area contributed by atoms with Crippen LogP contribution in [0.4, 0.5) is 0 Å². The smallest absolute Gasteiger partial charge is 0.305 e. The minimum Gasteiger partial charge on any atom is -0.469 e. The van der Waals surface area contributed by atoms with Gasteiger partial charge in [0.1, 0.15) is 0 Å². The van der Waals surface area contributed by atoms with Crippen molar-refractivity contribution in [1.82, 2.24) is 0 Å². The summed E-state index contributed by atoms with van der Waals surface area (Å²) in [6.07, 6.45) is 5.70. The Morgan fingerprint density at radius 2 is 2.07 bits per heavy atom. The minimum atomic E-state index is -0.135. The molecule has 0 bridgehead atoms. The van der Waals surface area contributed by atoms with E-state index in [0.717, 1.165) is 25.0 Å². The Balaban J connectivity index is 3.46. The van der Waals surface area contributed by atoms with Crippen molar-refractivity contribution in [2.75, 3.05) is 26.2 Å². The van der Waals surface area contributed by atoms with E-state index in [2.05, 4.69) is 11.0 Å². The maximum absolute atomic E-state index is 10.8. The molecular formula is C10H20O3S. The molecule has 0 saturated heterocycles. The van der Waals surface area contributed by atoms with Crippen molar-refractivity contribution in [2.24, 2.45) is 0 Å². The molecule has 0 heterocycles. The molecule has 84 valence electrons. The largest absolute Gasteiger partial charge is 0.469 e. The molecule has 1 atom stereocenters. The van der Waals surface area contributed by atoms with E-state index in [4.69, 9.17) is 4.74 Å². The van der Waals surface area contributed by atoms with Crippen molar-refractivity contribution >= 4 is 17.7 Å². The zero-order valence-electron chi connectivity index (χ0n) is 9.25. The average Bonchev–Trinajstić information content (AvgIpc) is 2.22. The first-order valence-electron chi connectivity index (χ1n) is 4.83. The fourth-order valence-electron chi connectivity index (χ4n) is 1.21. The number of carbonyl (C=O) groups excluding carboxylic acids is 1. The second kappa shape index (κ2) is 9.34. The van der Waals surface area contributed by atoms with Gasteiger partial charge in [0, 0.05) is 13.5 Å². The van der Waals surface area contributed by atoms with Crippen LogP contribution in [0.15, 0.2) is 0 Å². The molecule has 0 saturated carbocycles. The third kappa shape index (κ3) is 7.21. The second-order valence-corrected chi connectivity index (χ2v) is 4.09. The third-order valence-electron chi connectivity index (χ3n) is 2.11. The first-order valence-corrected chi connectivity index (χ1v) is 6.22. The molecule has 0 fully saturated rings. The zero-order chi connectivity index (χ0) is 10.8. The van der Waals surface area contributed by atoms with Gasteiger partial charge in [0.15, 0.2) is 0 Å². The minimum absolute atomic E-state index is 0.135. The predicted molar refractivity (Wildman–Crippen MR) is 59.7 cm³/mol. The van der Waals surface area contributed by atoms with Crippen molar-refractivity contribution in [3.05, 3.63) is 0 Å². The normalized spacial score (nSPS) is 12.5. The third-order valence-corrected chi connectivity index (χ3v) is 2.76. The fraction of sp³-hybridized carbons (Fsp3) is 0.900. The van der Waals surface area contributed by atoms with E-state index in [-0.39, 0.29) is 12.1 Å². The Labute approximate surface area is 90.5 Å². The molecule has 0 aliphatic heterocycles. The van der Waals surface area contributed by atoms with Crippen LogP contribution in [0.25, 0.3) is 0 Å². The Morgan fingerprint density at radius 3 is 2.57 bits per heavy atom. The van der Waals surface area contributed by atoms with Crippen molar-refractivity contribution < 1.29 is 14.3 Å². The molecule has 0 amide bonds. The summed E-state index contributed by atoms with van der Waals surface area (Å²) in [4.78, 5) is 10.8. The lowest BCUT2D eigenvalue weighted by molar-refractivity contribution is -0.140. The summed E-state index contributed by atoms with van der Waals surface area (Å²) in [5.41, 5.74) is 0. The SMILES string of the molecule is COC(=O)CCC[C@@H](CCSC)OC. The molecule has 0 aliphatic carbocycles. The topological polar surface area (TPSA) is 35.5 Å². The van der Waals surface area contributed by atoms with Crippen molar-refractivity contribution in [2.45, 2.75) is 31.8 Å². The molecular weight excluding hydrogens is 200 g/mol. The highest BCUT2D eigenvalue weighted by Gasteiger charge is 2.08. The Bertz CT molecular complexity index is 150. The lowest BCUT2D eigenvalue weighted by atomic mass is 10.1. The lowest BCUT2D eigenvalue weighted by Crippen LogP contribution is -2.12. The number of rotatable bonds is 8. The van der Waals surface area contributed by atoms with Gasteiger partial charge in [0.25, 0.3) is 0 Å². The predicted octanol–water partition coefficient (Wildman–Crippen LogP) is 2.10. The van der Waals surface area contributed by atoms with Gasteiger partial charge in [-0.05, 0) is 31.3 Å². The number of thioether (sulfide) groups is 1. The monoisotopic (exact) mass is 220 g/mol. The van der Waals surface area contributed by atoms with E-state index in [1.54, 1.807) is 7.11 Å². The Morgan fingerprint density at radius 1 is 1.36 bits per heavy atom. The van der Waals surface area contributed by atoms with Gasteiger partial charge in [-0.15, -0.1) is 0 Å². The molecule has 0 aromatic rings. The van der Waals surface area contributed by atoms with Crippen LogP contribution >= 0.6 is 11.8 Å². The first kappa shape index (κ1) is 13.8. The van der Waals surface area contributed by atoms with Crippen LogP contribution in [0.5, 0.6) is 0 Å². The summed E-state index contributed by atoms with van der Waals surface area (Å²) in [5.74, 6) is 0.973. The standard InChI is InChI=1S/C10H20O3S/c1-12-9(7-8-14-3)5-4-6-10(11)13-2/h9H,4-8H2,1-3H3/t9-/m0/s1. The number of ether oxygens (including phenoxy) is 2. The van der Waals surface area contributed by atoms with Crippen LogP contribution in [0.2, 0.25) is 0 Å². The maximum atomic E-state index is 10.8. The van der Waals surface area contributed by atoms with Gasteiger partial charge in [-0.3, -0.25) is 4.79 Å². The zero-order valence-corrected chi connectivity index (χ0v) is 10.1. The lowest BCUT2D eigenvalue weighted by Gasteiger charge is -2.13. The first-order chi connectivity index (χ1) is 6.74. The highest BCUT2D eigenvalue weighted by molar-refractivity contribution is 7.98. The van der Waals surface area contributed by atoms with Crippen molar-refractivity contribution in [3.8, 4) is 0 Å². The molecule has 4 heteroatoms. The molecule has 0 rings (SSSR count). The summed E-state index contributed by atoms with van der Waals surface area (Å²) >= 11 is 1.82. The van der Waals surface area contributed by atoms with Crippen LogP contribution in [0, 0.1) is 0 Å². The number of esters is 1. The molecule has 0 radical (unpaired) electrons. The fourth-order valence-corrected chi connectivity index (χ4v) is 1.70. The van der Waals surface area contributed by atoms with Gasteiger partial charge in [-0.25, -0.2) is 0 Å². The van der Waals surface area contributed by atoms with Gasteiger partial charge in [0.05, 0.1) is 13.2 Å². The number of carbonyl (C=O) groups is 1. The van der Waals surface area contributed by atoms with Crippen LogP contribution < -0.4 is 0 Å². The van der Waals surface area contributed by atoms with Crippen LogP contribution in [-0.2, 0) is 14.3 Å². The van der Waals surface area contributed by atoms with Crippen LogP contribution in [0.3, 0.4) is 0 Å².